The van der Waals surface area contributed by atoms with Gasteiger partial charge < -0.3 is 9.47 Å². The fourth-order valence-corrected chi connectivity index (χ4v) is 3.45. The van der Waals surface area contributed by atoms with Crippen molar-refractivity contribution < 1.29 is 9.47 Å². The van der Waals surface area contributed by atoms with E-state index >= 15 is 0 Å². The van der Waals surface area contributed by atoms with Gasteiger partial charge in [0, 0.05) is 0 Å². The minimum absolute atomic E-state index is 0.509. The Morgan fingerprint density at radius 2 is 1.52 bits per heavy atom. The number of hydrogen-bond donors (Lipinski definition) is 0. The average Bonchev–Trinajstić information content (AvgIpc) is 2.98. The van der Waals surface area contributed by atoms with Crippen LogP contribution in [0.2, 0.25) is 10.0 Å². The lowest BCUT2D eigenvalue weighted by atomic mass is 9.85. The molecule has 23 heavy (non-hydrogen) atoms. The Labute approximate surface area is 147 Å². The number of halogens is 2. The summed E-state index contributed by atoms with van der Waals surface area (Å²) in [6, 6.07) is 14.2. The van der Waals surface area contributed by atoms with Gasteiger partial charge in [0.1, 0.15) is 5.75 Å². The number of rotatable bonds is 5. The third-order valence-electron chi connectivity index (χ3n) is 4.47. The topological polar surface area (TPSA) is 18.5 Å². The molecule has 1 heterocycles. The molecule has 4 heteroatoms. The zero-order valence-corrected chi connectivity index (χ0v) is 14.6. The van der Waals surface area contributed by atoms with E-state index in [-0.39, 0.29) is 0 Å². The summed E-state index contributed by atoms with van der Waals surface area (Å²) in [5, 5.41) is 1.22. The van der Waals surface area contributed by atoms with Gasteiger partial charge in [0.05, 0.1) is 30.4 Å². The molecular weight excluding hydrogens is 331 g/mol. The molecule has 0 spiro atoms. The van der Waals surface area contributed by atoms with Gasteiger partial charge in [0.15, 0.2) is 0 Å². The van der Waals surface area contributed by atoms with Crippen LogP contribution >= 0.6 is 23.2 Å². The molecule has 0 unspecified atom stereocenters. The number of benzene rings is 2. The maximum absolute atomic E-state index is 6.12. The van der Waals surface area contributed by atoms with Gasteiger partial charge in [-0.2, -0.15) is 0 Å². The lowest BCUT2D eigenvalue weighted by molar-refractivity contribution is 0.180. The monoisotopic (exact) mass is 350 g/mol. The largest absolute Gasteiger partial charge is 0.497 e. The van der Waals surface area contributed by atoms with Crippen molar-refractivity contribution in [2.45, 2.75) is 12.8 Å². The van der Waals surface area contributed by atoms with Crippen LogP contribution in [0.5, 0.6) is 5.75 Å². The third-order valence-corrected chi connectivity index (χ3v) is 5.21. The summed E-state index contributed by atoms with van der Waals surface area (Å²) >= 11 is 12.1. The Morgan fingerprint density at radius 1 is 0.913 bits per heavy atom. The molecule has 1 aliphatic heterocycles. The molecule has 2 atom stereocenters. The Bertz CT molecular complexity index is 655. The van der Waals surface area contributed by atoms with Gasteiger partial charge in [-0.25, -0.2) is 0 Å². The molecule has 0 bridgehead atoms. The van der Waals surface area contributed by atoms with Crippen molar-refractivity contribution in [1.29, 1.82) is 0 Å². The van der Waals surface area contributed by atoms with E-state index in [9.17, 15) is 0 Å². The van der Waals surface area contributed by atoms with E-state index in [1.54, 1.807) is 7.11 Å². The molecule has 2 aromatic rings. The molecule has 2 aromatic carbocycles. The zero-order valence-electron chi connectivity index (χ0n) is 13.1. The normalized spacial score (nSPS) is 20.7. The van der Waals surface area contributed by atoms with Crippen molar-refractivity contribution in [3.8, 4) is 5.75 Å². The van der Waals surface area contributed by atoms with Gasteiger partial charge in [-0.15, -0.1) is 0 Å². The highest BCUT2D eigenvalue weighted by molar-refractivity contribution is 6.42. The molecule has 1 fully saturated rings. The maximum atomic E-state index is 6.12. The highest BCUT2D eigenvalue weighted by atomic mass is 35.5. The molecule has 0 N–H and O–H groups in total. The first-order chi connectivity index (χ1) is 11.2. The van der Waals surface area contributed by atoms with Crippen LogP contribution in [0.15, 0.2) is 42.5 Å². The quantitative estimate of drug-likeness (QED) is 0.751. The highest BCUT2D eigenvalue weighted by Crippen LogP contribution is 2.30. The zero-order chi connectivity index (χ0) is 16.2. The summed E-state index contributed by atoms with van der Waals surface area (Å²) in [5.41, 5.74) is 2.54. The van der Waals surface area contributed by atoms with E-state index in [0.717, 1.165) is 31.8 Å². The summed E-state index contributed by atoms with van der Waals surface area (Å²) in [5.74, 6) is 1.93. The molecular formula is C19H20Cl2O2. The summed E-state index contributed by atoms with van der Waals surface area (Å²) in [6.45, 7) is 1.62. The molecule has 122 valence electrons. The van der Waals surface area contributed by atoms with E-state index in [0.29, 0.717) is 21.9 Å². The first-order valence-electron chi connectivity index (χ1n) is 7.80. The molecule has 0 radical (unpaired) electrons. The van der Waals surface area contributed by atoms with Crippen molar-refractivity contribution in [3.63, 3.8) is 0 Å². The van der Waals surface area contributed by atoms with Crippen molar-refractivity contribution in [3.05, 3.63) is 63.6 Å². The van der Waals surface area contributed by atoms with Gasteiger partial charge in [-0.1, -0.05) is 41.4 Å². The Balaban J connectivity index is 1.65. The second kappa shape index (κ2) is 7.57. The highest BCUT2D eigenvalue weighted by Gasteiger charge is 2.28. The summed E-state index contributed by atoms with van der Waals surface area (Å²) in [4.78, 5) is 0. The Morgan fingerprint density at radius 3 is 2.13 bits per heavy atom. The number of hydrogen-bond acceptors (Lipinski definition) is 2. The minimum Gasteiger partial charge on any atom is -0.497 e. The first-order valence-corrected chi connectivity index (χ1v) is 8.56. The molecule has 1 aliphatic rings. The first kappa shape index (κ1) is 16.6. The second-order valence-corrected chi connectivity index (χ2v) is 6.88. The van der Waals surface area contributed by atoms with Gasteiger partial charge in [0.25, 0.3) is 0 Å². The van der Waals surface area contributed by atoms with E-state index in [4.69, 9.17) is 32.7 Å². The Hall–Kier alpha value is -1.22. The number of methoxy groups -OCH3 is 1. The number of ether oxygens (including phenoxy) is 2. The van der Waals surface area contributed by atoms with Crippen molar-refractivity contribution in [2.75, 3.05) is 20.3 Å². The molecule has 0 aliphatic carbocycles. The molecule has 0 aromatic heterocycles. The molecule has 3 rings (SSSR count). The smallest absolute Gasteiger partial charge is 0.118 e. The molecule has 2 nitrogen and oxygen atoms in total. The summed E-state index contributed by atoms with van der Waals surface area (Å²) in [6.07, 6.45) is 1.99. The van der Waals surface area contributed by atoms with Crippen LogP contribution in [0.1, 0.15) is 11.1 Å². The lowest BCUT2D eigenvalue weighted by Crippen LogP contribution is -2.17. The van der Waals surface area contributed by atoms with Crippen LogP contribution in [0, 0.1) is 11.8 Å². The van der Waals surface area contributed by atoms with Gasteiger partial charge in [-0.05, 0) is 60.1 Å². The van der Waals surface area contributed by atoms with Crippen LogP contribution in [-0.4, -0.2) is 20.3 Å². The molecule has 0 saturated carbocycles. The predicted molar refractivity (Wildman–Crippen MR) is 94.7 cm³/mol. The minimum atomic E-state index is 0.509. The van der Waals surface area contributed by atoms with E-state index < -0.39 is 0 Å². The SMILES string of the molecule is COc1ccc(C[C@H]2COC[C@@H]2Cc2ccc(Cl)c(Cl)c2)cc1. The van der Waals surface area contributed by atoms with Gasteiger partial charge in [0.2, 0.25) is 0 Å². The molecule has 1 saturated heterocycles. The summed E-state index contributed by atoms with van der Waals surface area (Å²) < 4.78 is 10.9. The Kier molecular flexibility index (Phi) is 5.47. The standard InChI is InChI=1S/C19H20Cl2O2/c1-22-17-5-2-13(3-6-17)8-15-11-23-12-16(15)9-14-4-7-18(20)19(21)10-14/h2-7,10,15-16H,8-9,11-12H2,1H3/t15-,16-/m0/s1. The van der Waals surface area contributed by atoms with E-state index in [2.05, 4.69) is 18.2 Å². The van der Waals surface area contributed by atoms with E-state index in [1.165, 1.54) is 11.1 Å². The fraction of sp³-hybridized carbons (Fsp3) is 0.368. The van der Waals surface area contributed by atoms with Crippen molar-refractivity contribution in [1.82, 2.24) is 0 Å². The third kappa shape index (κ3) is 4.20. The summed E-state index contributed by atoms with van der Waals surface area (Å²) in [7, 11) is 1.69. The predicted octanol–water partition coefficient (Wildman–Crippen LogP) is 5.05. The van der Waals surface area contributed by atoms with Crippen molar-refractivity contribution >= 4 is 23.2 Å². The lowest BCUT2D eigenvalue weighted by Gasteiger charge is -2.18. The average molecular weight is 351 g/mol. The van der Waals surface area contributed by atoms with Crippen LogP contribution < -0.4 is 4.74 Å². The van der Waals surface area contributed by atoms with Crippen LogP contribution in [0.4, 0.5) is 0 Å². The van der Waals surface area contributed by atoms with Crippen LogP contribution in [0.25, 0.3) is 0 Å². The molecule has 0 amide bonds. The van der Waals surface area contributed by atoms with Gasteiger partial charge >= 0.3 is 0 Å². The van der Waals surface area contributed by atoms with Crippen LogP contribution in [0.3, 0.4) is 0 Å². The van der Waals surface area contributed by atoms with Gasteiger partial charge in [-0.3, -0.25) is 0 Å². The van der Waals surface area contributed by atoms with Crippen molar-refractivity contribution in [2.24, 2.45) is 11.8 Å². The van der Waals surface area contributed by atoms with E-state index in [1.807, 2.05) is 24.3 Å². The fourth-order valence-electron chi connectivity index (χ4n) is 3.13. The second-order valence-electron chi connectivity index (χ2n) is 6.06. The van der Waals surface area contributed by atoms with Crippen LogP contribution in [-0.2, 0) is 17.6 Å². The maximum Gasteiger partial charge on any atom is 0.118 e.